The Bertz CT molecular complexity index is 823. The number of alkyl halides is 3. The van der Waals surface area contributed by atoms with Crippen molar-refractivity contribution in [2.24, 2.45) is 17.3 Å². The van der Waals surface area contributed by atoms with Crippen molar-refractivity contribution in [1.29, 1.82) is 0 Å². The highest BCUT2D eigenvalue weighted by Gasteiger charge is 2.62. The first kappa shape index (κ1) is 24.2. The predicted octanol–water partition coefficient (Wildman–Crippen LogP) is 6.42. The van der Waals surface area contributed by atoms with Crippen molar-refractivity contribution >= 4 is 40.8 Å². The Labute approximate surface area is 178 Å². The largest absolute Gasteiger partial charge is 0.460 e. The van der Waals surface area contributed by atoms with E-state index in [9.17, 15) is 26.7 Å². The minimum absolute atomic E-state index is 0.296. The van der Waals surface area contributed by atoms with Crippen LogP contribution in [0.5, 0.6) is 0 Å². The lowest BCUT2D eigenvalue weighted by molar-refractivity contribution is -0.147. The third-order valence-electron chi connectivity index (χ3n) is 4.85. The molecular weight excluding hydrogens is 466 g/mol. The molecule has 162 valence electrons. The van der Waals surface area contributed by atoms with E-state index in [2.05, 4.69) is 4.74 Å². The van der Waals surface area contributed by atoms with Crippen molar-refractivity contribution < 1.29 is 36.2 Å². The summed E-state index contributed by atoms with van der Waals surface area (Å²) in [5.41, 5.74) is -1.61. The Morgan fingerprint density at radius 1 is 1.10 bits per heavy atom. The van der Waals surface area contributed by atoms with Crippen LogP contribution < -0.4 is 0 Å². The van der Waals surface area contributed by atoms with Crippen LogP contribution in [0.4, 0.5) is 22.0 Å². The first-order valence-corrected chi connectivity index (χ1v) is 9.32. The molecule has 2 rings (SSSR count). The normalized spacial score (nSPS) is 21.3. The Balaban J connectivity index is 2.18. The molecule has 1 fully saturated rings. The van der Waals surface area contributed by atoms with Crippen molar-refractivity contribution in [3.05, 3.63) is 43.9 Å². The molecule has 0 saturated heterocycles. The average Bonchev–Trinajstić information content (AvgIpc) is 3.16. The zero-order chi connectivity index (χ0) is 22.3. The quantitative estimate of drug-likeness (QED) is 0.267. The van der Waals surface area contributed by atoms with Gasteiger partial charge in [0.25, 0.3) is 0 Å². The maximum atomic E-state index is 14.2. The molecule has 0 spiro atoms. The summed E-state index contributed by atoms with van der Waals surface area (Å²) in [5.74, 6) is -4.81. The number of benzene rings is 1. The molecule has 1 saturated carbocycles. The lowest BCUT2D eigenvalue weighted by Gasteiger charge is -2.14. The van der Waals surface area contributed by atoms with Gasteiger partial charge in [-0.05, 0) is 11.3 Å². The summed E-state index contributed by atoms with van der Waals surface area (Å²) >= 11 is 17.0. The molecule has 0 bridgehead atoms. The summed E-state index contributed by atoms with van der Waals surface area (Å²) < 4.78 is 76.0. The SMILES string of the molecule is COCc1c(F)c(Cl)c(COC(=O)[C@H]2[C@@H](/C=C(\Cl)C(F)(F)F)C2(C)C)c(Cl)c1F. The topological polar surface area (TPSA) is 35.5 Å². The number of rotatable bonds is 6. The van der Waals surface area contributed by atoms with Gasteiger partial charge in [-0.1, -0.05) is 54.7 Å². The molecule has 1 aromatic carbocycles. The van der Waals surface area contributed by atoms with E-state index in [0.717, 1.165) is 6.08 Å². The van der Waals surface area contributed by atoms with E-state index in [1.165, 1.54) is 7.11 Å². The molecule has 2 atom stereocenters. The lowest BCUT2D eigenvalue weighted by atomic mass is 10.1. The van der Waals surface area contributed by atoms with Gasteiger partial charge >= 0.3 is 12.1 Å². The molecule has 0 heterocycles. The zero-order valence-electron chi connectivity index (χ0n) is 15.4. The molecule has 0 radical (unpaired) electrons. The number of hydrogen-bond acceptors (Lipinski definition) is 3. The maximum absolute atomic E-state index is 14.2. The number of esters is 1. The van der Waals surface area contributed by atoms with Crippen LogP contribution in [0, 0.1) is 28.9 Å². The molecule has 3 nitrogen and oxygen atoms in total. The van der Waals surface area contributed by atoms with E-state index in [1.54, 1.807) is 13.8 Å². The van der Waals surface area contributed by atoms with Crippen LogP contribution in [0.2, 0.25) is 10.0 Å². The zero-order valence-corrected chi connectivity index (χ0v) is 17.7. The number of ether oxygens (including phenoxy) is 2. The molecule has 1 aliphatic carbocycles. The predicted molar refractivity (Wildman–Crippen MR) is 97.6 cm³/mol. The minimum atomic E-state index is -4.73. The van der Waals surface area contributed by atoms with Crippen LogP contribution >= 0.6 is 34.8 Å². The minimum Gasteiger partial charge on any atom is -0.460 e. The number of allylic oxidation sites excluding steroid dienone is 2. The summed E-state index contributed by atoms with van der Waals surface area (Å²) in [6, 6.07) is 0. The Kier molecular flexibility index (Phi) is 7.15. The monoisotopic (exact) mass is 480 g/mol. The van der Waals surface area contributed by atoms with E-state index < -0.39 is 74.9 Å². The highest BCUT2D eigenvalue weighted by Crippen LogP contribution is 2.60. The van der Waals surface area contributed by atoms with Crippen LogP contribution in [-0.2, 0) is 27.5 Å². The Hall–Kier alpha value is -1.09. The Morgan fingerprint density at radius 3 is 2.07 bits per heavy atom. The number of methoxy groups -OCH3 is 1. The van der Waals surface area contributed by atoms with Gasteiger partial charge in [-0.15, -0.1) is 0 Å². The van der Waals surface area contributed by atoms with Gasteiger partial charge in [-0.25, -0.2) is 8.78 Å². The highest BCUT2D eigenvalue weighted by atomic mass is 35.5. The number of hydrogen-bond donors (Lipinski definition) is 0. The molecule has 1 aliphatic rings. The van der Waals surface area contributed by atoms with Crippen molar-refractivity contribution in [1.82, 2.24) is 0 Å². The molecule has 0 aromatic heterocycles. The van der Waals surface area contributed by atoms with Crippen molar-refractivity contribution in [2.75, 3.05) is 7.11 Å². The lowest BCUT2D eigenvalue weighted by Crippen LogP contribution is -2.12. The standard InChI is InChI=1S/C18H16Cl3F5O3/c1-17(2)9(4-10(19)18(24,25)26)11(17)16(27)29-6-7-12(20)14(22)8(5-28-3)15(23)13(7)21/h4,9,11H,5-6H2,1-3H3/b10-4-/t9-,11-/m1/s1. The first-order chi connectivity index (χ1) is 13.2. The molecule has 0 aliphatic heterocycles. The van der Waals surface area contributed by atoms with Gasteiger partial charge in [-0.3, -0.25) is 4.79 Å². The van der Waals surface area contributed by atoms with E-state index >= 15 is 0 Å². The summed E-state index contributed by atoms with van der Waals surface area (Å²) in [4.78, 5) is 12.3. The second-order valence-electron chi connectivity index (χ2n) is 7.09. The summed E-state index contributed by atoms with van der Waals surface area (Å²) in [6.07, 6.45) is -3.97. The third-order valence-corrected chi connectivity index (χ3v) is 5.98. The van der Waals surface area contributed by atoms with Crippen molar-refractivity contribution in [3.63, 3.8) is 0 Å². The van der Waals surface area contributed by atoms with Gasteiger partial charge in [0.05, 0.1) is 28.1 Å². The molecular formula is C18H16Cl3F5O3. The van der Waals surface area contributed by atoms with E-state index in [0.29, 0.717) is 0 Å². The van der Waals surface area contributed by atoms with Gasteiger partial charge in [0.2, 0.25) is 0 Å². The molecule has 0 amide bonds. The van der Waals surface area contributed by atoms with Crippen molar-refractivity contribution in [3.8, 4) is 0 Å². The fraction of sp³-hybridized carbons (Fsp3) is 0.500. The highest BCUT2D eigenvalue weighted by molar-refractivity contribution is 6.36. The van der Waals surface area contributed by atoms with Gasteiger partial charge < -0.3 is 9.47 Å². The summed E-state index contributed by atoms with van der Waals surface area (Å²) in [5, 5.41) is -2.42. The molecule has 29 heavy (non-hydrogen) atoms. The second kappa shape index (κ2) is 8.57. The van der Waals surface area contributed by atoms with Gasteiger partial charge in [0.15, 0.2) is 11.6 Å². The van der Waals surface area contributed by atoms with Crippen LogP contribution in [-0.4, -0.2) is 19.3 Å². The first-order valence-electron chi connectivity index (χ1n) is 8.18. The summed E-state index contributed by atoms with van der Waals surface area (Å²) in [7, 11) is 1.23. The molecule has 0 N–H and O–H groups in total. The molecule has 0 unspecified atom stereocenters. The van der Waals surface area contributed by atoms with E-state index in [-0.39, 0.29) is 5.56 Å². The van der Waals surface area contributed by atoms with Crippen LogP contribution in [0.3, 0.4) is 0 Å². The van der Waals surface area contributed by atoms with Crippen LogP contribution in [0.25, 0.3) is 0 Å². The fourth-order valence-electron chi connectivity index (χ4n) is 3.04. The number of halogens is 8. The molecule has 1 aromatic rings. The van der Waals surface area contributed by atoms with E-state index in [1.807, 2.05) is 0 Å². The van der Waals surface area contributed by atoms with Gasteiger partial charge in [0, 0.05) is 12.7 Å². The average molecular weight is 482 g/mol. The van der Waals surface area contributed by atoms with Gasteiger partial charge in [-0.2, -0.15) is 13.2 Å². The van der Waals surface area contributed by atoms with Crippen molar-refractivity contribution in [2.45, 2.75) is 33.2 Å². The number of carbonyl (C=O) groups excluding carboxylic acids is 1. The fourth-order valence-corrected chi connectivity index (χ4v) is 3.75. The Morgan fingerprint density at radius 2 is 1.62 bits per heavy atom. The van der Waals surface area contributed by atoms with E-state index in [4.69, 9.17) is 39.5 Å². The number of carbonyl (C=O) groups is 1. The maximum Gasteiger partial charge on any atom is 0.426 e. The smallest absolute Gasteiger partial charge is 0.426 e. The summed E-state index contributed by atoms with van der Waals surface area (Å²) in [6.45, 7) is 2.06. The molecule has 11 heteroatoms. The second-order valence-corrected chi connectivity index (χ2v) is 8.25. The van der Waals surface area contributed by atoms with Crippen LogP contribution in [0.1, 0.15) is 25.0 Å². The van der Waals surface area contributed by atoms with Gasteiger partial charge in [0.1, 0.15) is 11.6 Å². The van der Waals surface area contributed by atoms with Crippen LogP contribution in [0.15, 0.2) is 11.1 Å². The third kappa shape index (κ3) is 4.81.